The molecule has 1 fully saturated rings. The smallest absolute Gasteiger partial charge is 0.274 e. The van der Waals surface area contributed by atoms with E-state index in [1.54, 1.807) is 18.5 Å². The van der Waals surface area contributed by atoms with Gasteiger partial charge in [-0.2, -0.15) is 0 Å². The fraction of sp³-hybridized carbons (Fsp3) is 0.312. The molecule has 3 heterocycles. The summed E-state index contributed by atoms with van der Waals surface area (Å²) in [6, 6.07) is 12.8. The number of amides is 5. The summed E-state index contributed by atoms with van der Waals surface area (Å²) in [5.74, 6) is -2.66. The van der Waals surface area contributed by atoms with E-state index in [-0.39, 0.29) is 31.6 Å². The van der Waals surface area contributed by atoms with Gasteiger partial charge < -0.3 is 31.2 Å². The molecule has 2 aromatic carbocycles. The normalized spacial score (nSPS) is 22.0. The molecule has 4 aromatic rings. The molecule has 4 atom stereocenters. The van der Waals surface area contributed by atoms with E-state index in [1.807, 2.05) is 54.6 Å². The number of carbonyl (C=O) groups excluding carboxylic acids is 5. The summed E-state index contributed by atoms with van der Waals surface area (Å²) in [7, 11) is 0. The molecule has 0 unspecified atom stereocenters. The summed E-state index contributed by atoms with van der Waals surface area (Å²) >= 11 is 1.24. The lowest BCUT2D eigenvalue weighted by molar-refractivity contribution is -0.133. The van der Waals surface area contributed by atoms with Gasteiger partial charge in [0.25, 0.3) is 5.91 Å². The highest BCUT2D eigenvalue weighted by molar-refractivity contribution is 7.07. The Labute approximate surface area is 264 Å². The molecule has 1 saturated heterocycles. The van der Waals surface area contributed by atoms with Gasteiger partial charge in [-0.25, -0.2) is 4.98 Å². The number of carbonyl (C=O) groups is 5. The van der Waals surface area contributed by atoms with E-state index in [9.17, 15) is 24.0 Å². The molecule has 234 valence electrons. The van der Waals surface area contributed by atoms with E-state index in [0.29, 0.717) is 0 Å². The molecule has 1 aliphatic heterocycles. The number of aromatic nitrogens is 2. The number of benzene rings is 2. The fourth-order valence-electron chi connectivity index (χ4n) is 5.26. The molecule has 0 saturated carbocycles. The van der Waals surface area contributed by atoms with E-state index in [4.69, 9.17) is 0 Å². The molecule has 0 spiro atoms. The Morgan fingerprint density at radius 2 is 1.58 bits per heavy atom. The quantitative estimate of drug-likeness (QED) is 0.225. The van der Waals surface area contributed by atoms with Gasteiger partial charge in [-0.05, 0) is 31.0 Å². The van der Waals surface area contributed by atoms with Crippen LogP contribution in [-0.2, 0) is 32.0 Å². The second-order valence-corrected chi connectivity index (χ2v) is 11.7. The van der Waals surface area contributed by atoms with Crippen LogP contribution in [0.4, 0.5) is 0 Å². The second kappa shape index (κ2) is 14.2. The van der Waals surface area contributed by atoms with Gasteiger partial charge in [0, 0.05) is 48.4 Å². The first-order chi connectivity index (χ1) is 21.7. The Morgan fingerprint density at radius 3 is 2.33 bits per heavy atom. The number of thiazole rings is 1. The number of aromatic amines is 1. The van der Waals surface area contributed by atoms with Crippen molar-refractivity contribution in [1.82, 2.24) is 36.1 Å². The van der Waals surface area contributed by atoms with Gasteiger partial charge in [-0.3, -0.25) is 24.0 Å². The number of para-hydroxylation sites is 1. The van der Waals surface area contributed by atoms with Crippen LogP contribution in [-0.4, -0.2) is 81.7 Å². The van der Waals surface area contributed by atoms with E-state index in [0.717, 1.165) is 22.0 Å². The zero-order valence-electron chi connectivity index (χ0n) is 24.9. The summed E-state index contributed by atoms with van der Waals surface area (Å²) in [5, 5.41) is 13.6. The Bertz CT molecular complexity index is 1670. The van der Waals surface area contributed by atoms with Crippen LogP contribution in [0, 0.1) is 0 Å². The standard InChI is InChI=1S/C32H35N7O5S/c1-19-28(40)37-25(14-21-8-4-3-5-9-21)30(42)33-12-13-39(32(44)27-17-45-18-35-27)20(2)29(41)38-26(31(43)36-19)15-22-16-34-24-11-7-6-10-23(22)24/h3-11,16-20,25-26,34H,12-15H2,1-2H3,(H,33,42)(H,36,43)(H,37,40)(H,38,41)/t19-,20+,25-,26+/m0/s1. The van der Waals surface area contributed by atoms with Gasteiger partial charge in [-0.15, -0.1) is 11.3 Å². The highest BCUT2D eigenvalue weighted by Gasteiger charge is 2.33. The van der Waals surface area contributed by atoms with Crippen molar-refractivity contribution in [3.63, 3.8) is 0 Å². The van der Waals surface area contributed by atoms with Crippen molar-refractivity contribution in [3.05, 3.63) is 88.5 Å². The summed E-state index contributed by atoms with van der Waals surface area (Å²) in [4.78, 5) is 76.1. The lowest BCUT2D eigenvalue weighted by atomic mass is 10.0. The van der Waals surface area contributed by atoms with Crippen LogP contribution in [0.3, 0.4) is 0 Å². The molecule has 5 rings (SSSR count). The van der Waals surface area contributed by atoms with Gasteiger partial charge in [0.05, 0.1) is 5.51 Å². The van der Waals surface area contributed by atoms with Gasteiger partial charge >= 0.3 is 0 Å². The van der Waals surface area contributed by atoms with Crippen LogP contribution in [0.2, 0.25) is 0 Å². The number of fused-ring (bicyclic) bond motifs is 1. The van der Waals surface area contributed by atoms with Gasteiger partial charge in [0.1, 0.15) is 29.9 Å². The molecule has 5 N–H and O–H groups in total. The van der Waals surface area contributed by atoms with Crippen LogP contribution in [0.1, 0.15) is 35.5 Å². The lowest BCUT2D eigenvalue weighted by Gasteiger charge is -2.29. The highest BCUT2D eigenvalue weighted by Crippen LogP contribution is 2.20. The first-order valence-corrected chi connectivity index (χ1v) is 15.6. The molecular weight excluding hydrogens is 594 g/mol. The predicted octanol–water partition coefficient (Wildman–Crippen LogP) is 1.54. The Balaban J connectivity index is 1.46. The molecule has 5 amide bonds. The van der Waals surface area contributed by atoms with Gasteiger partial charge in [-0.1, -0.05) is 48.5 Å². The molecule has 13 heteroatoms. The SMILES string of the molecule is C[C@@H]1NC(=O)[C@@H](Cc2c[nH]c3ccccc23)NC(=O)[C@@H](C)N(C(=O)c2cscn2)CCNC(=O)[C@H](Cc2ccccc2)NC1=O. The van der Waals surface area contributed by atoms with Crippen molar-refractivity contribution < 1.29 is 24.0 Å². The largest absolute Gasteiger partial charge is 0.361 e. The summed E-state index contributed by atoms with van der Waals surface area (Å²) < 4.78 is 0. The topological polar surface area (TPSA) is 165 Å². The van der Waals surface area contributed by atoms with Crippen molar-refractivity contribution in [3.8, 4) is 0 Å². The fourth-order valence-corrected chi connectivity index (χ4v) is 5.78. The van der Waals surface area contributed by atoms with E-state index in [1.165, 1.54) is 28.7 Å². The van der Waals surface area contributed by atoms with Crippen molar-refractivity contribution in [2.45, 2.75) is 50.9 Å². The van der Waals surface area contributed by atoms with E-state index < -0.39 is 53.7 Å². The minimum absolute atomic E-state index is 0.0129. The van der Waals surface area contributed by atoms with Crippen molar-refractivity contribution >= 4 is 51.8 Å². The van der Waals surface area contributed by atoms with Crippen LogP contribution in [0.5, 0.6) is 0 Å². The van der Waals surface area contributed by atoms with Crippen LogP contribution in [0.15, 0.2) is 71.7 Å². The number of H-pyrrole nitrogens is 1. The zero-order valence-corrected chi connectivity index (χ0v) is 25.7. The third-order valence-electron chi connectivity index (χ3n) is 7.81. The molecule has 0 radical (unpaired) electrons. The maximum atomic E-state index is 13.7. The zero-order chi connectivity index (χ0) is 31.9. The molecule has 12 nitrogen and oxygen atoms in total. The van der Waals surface area contributed by atoms with Crippen molar-refractivity contribution in [2.75, 3.05) is 13.1 Å². The minimum Gasteiger partial charge on any atom is -0.361 e. The molecular formula is C32H35N7O5S. The monoisotopic (exact) mass is 629 g/mol. The Morgan fingerprint density at radius 1 is 0.867 bits per heavy atom. The Kier molecular flexibility index (Phi) is 9.88. The lowest BCUT2D eigenvalue weighted by Crippen LogP contribution is -2.57. The summed E-state index contributed by atoms with van der Waals surface area (Å²) in [5.41, 5.74) is 4.18. The van der Waals surface area contributed by atoms with Crippen LogP contribution in [0.25, 0.3) is 10.9 Å². The van der Waals surface area contributed by atoms with Crippen LogP contribution < -0.4 is 21.3 Å². The Hall–Kier alpha value is -5.04. The average Bonchev–Trinajstić information content (AvgIpc) is 3.73. The number of nitrogens with one attached hydrogen (secondary N) is 5. The van der Waals surface area contributed by atoms with E-state index in [2.05, 4.69) is 31.2 Å². The number of rotatable bonds is 5. The van der Waals surface area contributed by atoms with Gasteiger partial charge in [0.15, 0.2) is 0 Å². The maximum Gasteiger partial charge on any atom is 0.274 e. The third kappa shape index (κ3) is 7.55. The average molecular weight is 630 g/mol. The first kappa shape index (κ1) is 31.4. The highest BCUT2D eigenvalue weighted by atomic mass is 32.1. The molecule has 0 aliphatic carbocycles. The second-order valence-electron chi connectivity index (χ2n) is 10.9. The molecule has 45 heavy (non-hydrogen) atoms. The van der Waals surface area contributed by atoms with Crippen molar-refractivity contribution in [2.24, 2.45) is 0 Å². The predicted molar refractivity (Wildman–Crippen MR) is 169 cm³/mol. The number of nitrogens with zero attached hydrogens (tertiary/aromatic N) is 2. The number of hydrogen-bond donors (Lipinski definition) is 5. The summed E-state index contributed by atoms with van der Waals surface area (Å²) in [6.07, 6.45) is 2.11. The first-order valence-electron chi connectivity index (χ1n) is 14.7. The van der Waals surface area contributed by atoms with E-state index >= 15 is 0 Å². The summed E-state index contributed by atoms with van der Waals surface area (Å²) in [6.45, 7) is 3.08. The maximum absolute atomic E-state index is 13.7. The third-order valence-corrected chi connectivity index (χ3v) is 8.40. The van der Waals surface area contributed by atoms with Crippen molar-refractivity contribution in [1.29, 1.82) is 0 Å². The molecule has 1 aliphatic rings. The molecule has 2 aromatic heterocycles. The number of hydrogen-bond acceptors (Lipinski definition) is 7. The van der Waals surface area contributed by atoms with Gasteiger partial charge in [0.2, 0.25) is 23.6 Å². The molecule has 0 bridgehead atoms. The minimum atomic E-state index is -1.07. The van der Waals surface area contributed by atoms with Crippen LogP contribution >= 0.6 is 11.3 Å².